The van der Waals surface area contributed by atoms with E-state index in [-0.39, 0.29) is 12.7 Å². The lowest BCUT2D eigenvalue weighted by Gasteiger charge is -2.07. The fourth-order valence-electron chi connectivity index (χ4n) is 1.74. The molecule has 110 valence electrons. The molecule has 5 nitrogen and oxygen atoms in total. The molecule has 1 N–H and O–H groups in total. The van der Waals surface area contributed by atoms with E-state index < -0.39 is 0 Å². The van der Waals surface area contributed by atoms with Crippen molar-refractivity contribution in [3.63, 3.8) is 0 Å². The number of thiazole rings is 1. The molecule has 2 aromatic heterocycles. The fraction of sp³-hybridized carbons (Fsp3) is 0.538. The van der Waals surface area contributed by atoms with E-state index in [2.05, 4.69) is 15.3 Å². The van der Waals surface area contributed by atoms with Gasteiger partial charge >= 0.3 is 0 Å². The lowest BCUT2D eigenvalue weighted by Crippen LogP contribution is -1.99. The highest BCUT2D eigenvalue weighted by atomic mass is 32.2. The molecule has 0 saturated carbocycles. The van der Waals surface area contributed by atoms with Gasteiger partial charge in [0.1, 0.15) is 11.1 Å². The zero-order valence-electron chi connectivity index (χ0n) is 11.9. The summed E-state index contributed by atoms with van der Waals surface area (Å²) in [4.78, 5) is 8.88. The summed E-state index contributed by atoms with van der Waals surface area (Å²) < 4.78 is 7.44. The Kier molecular flexibility index (Phi) is 5.59. The van der Waals surface area contributed by atoms with Crippen molar-refractivity contribution in [1.82, 2.24) is 14.5 Å². The van der Waals surface area contributed by atoms with Crippen molar-refractivity contribution in [2.45, 2.75) is 37.5 Å². The number of aliphatic hydroxyl groups excluding tert-OH is 1. The average molecular weight is 313 g/mol. The van der Waals surface area contributed by atoms with Crippen LogP contribution in [0.5, 0.6) is 0 Å². The van der Waals surface area contributed by atoms with Crippen LogP contribution < -0.4 is 0 Å². The van der Waals surface area contributed by atoms with Crippen molar-refractivity contribution >= 4 is 23.1 Å². The van der Waals surface area contributed by atoms with Crippen LogP contribution in [0.4, 0.5) is 0 Å². The number of nitrogens with zero attached hydrogens (tertiary/aromatic N) is 3. The molecule has 7 heteroatoms. The van der Waals surface area contributed by atoms with Crippen molar-refractivity contribution < 1.29 is 9.84 Å². The molecule has 0 fully saturated rings. The SMILES string of the molecule is CCOC(C)c1nc(CSc2ncc(CO)n2C)cs1. The van der Waals surface area contributed by atoms with Crippen LogP contribution in [0.25, 0.3) is 0 Å². The summed E-state index contributed by atoms with van der Waals surface area (Å²) in [6, 6.07) is 0. The van der Waals surface area contributed by atoms with E-state index in [1.807, 2.05) is 25.5 Å². The number of hydrogen-bond donors (Lipinski definition) is 1. The van der Waals surface area contributed by atoms with Gasteiger partial charge in [-0.15, -0.1) is 11.3 Å². The van der Waals surface area contributed by atoms with Crippen LogP contribution in [0.1, 0.15) is 36.3 Å². The molecule has 0 radical (unpaired) electrons. The molecule has 0 aromatic carbocycles. The number of ether oxygens (including phenoxy) is 1. The number of thioether (sulfide) groups is 1. The molecule has 0 spiro atoms. The Morgan fingerprint density at radius 2 is 2.35 bits per heavy atom. The molecule has 2 heterocycles. The van der Waals surface area contributed by atoms with Gasteiger partial charge in [0.05, 0.1) is 24.2 Å². The Hall–Kier alpha value is -0.890. The fourth-order valence-corrected chi connectivity index (χ4v) is 3.53. The molecule has 0 aliphatic rings. The number of hydrogen-bond acceptors (Lipinski definition) is 6. The third kappa shape index (κ3) is 3.60. The predicted molar refractivity (Wildman–Crippen MR) is 80.8 cm³/mol. The summed E-state index contributed by atoms with van der Waals surface area (Å²) in [7, 11) is 1.91. The molecular weight excluding hydrogens is 294 g/mol. The van der Waals surface area contributed by atoms with E-state index in [1.54, 1.807) is 29.3 Å². The minimum absolute atomic E-state index is 0.0107. The van der Waals surface area contributed by atoms with Gasteiger partial charge in [-0.2, -0.15) is 0 Å². The second-order valence-electron chi connectivity index (χ2n) is 4.31. The number of aromatic nitrogens is 3. The smallest absolute Gasteiger partial charge is 0.168 e. The first-order valence-corrected chi connectivity index (χ1v) is 8.32. The van der Waals surface area contributed by atoms with Crippen LogP contribution in [0.2, 0.25) is 0 Å². The normalized spacial score (nSPS) is 12.8. The van der Waals surface area contributed by atoms with Crippen molar-refractivity contribution in [1.29, 1.82) is 0 Å². The Balaban J connectivity index is 1.95. The summed E-state index contributed by atoms with van der Waals surface area (Å²) in [5.41, 5.74) is 1.85. The maximum absolute atomic E-state index is 9.14. The predicted octanol–water partition coefficient (Wildman–Crippen LogP) is 2.76. The Morgan fingerprint density at radius 1 is 1.55 bits per heavy atom. The highest BCUT2D eigenvalue weighted by Gasteiger charge is 2.12. The summed E-state index contributed by atoms with van der Waals surface area (Å²) in [6.45, 7) is 4.71. The maximum Gasteiger partial charge on any atom is 0.168 e. The zero-order valence-corrected chi connectivity index (χ0v) is 13.5. The van der Waals surface area contributed by atoms with Gasteiger partial charge in [-0.1, -0.05) is 11.8 Å². The van der Waals surface area contributed by atoms with Gasteiger partial charge in [0, 0.05) is 24.8 Å². The van der Waals surface area contributed by atoms with E-state index in [9.17, 15) is 0 Å². The highest BCUT2D eigenvalue weighted by Crippen LogP contribution is 2.26. The molecule has 1 unspecified atom stereocenters. The van der Waals surface area contributed by atoms with Gasteiger partial charge in [0.2, 0.25) is 0 Å². The second kappa shape index (κ2) is 7.21. The first kappa shape index (κ1) is 15.5. The Labute approximate surface area is 127 Å². The molecule has 1 atom stereocenters. The standard InChI is InChI=1S/C13H19N3O2S2/c1-4-18-9(2)12-15-10(7-19-12)8-20-13-14-5-11(6-17)16(13)3/h5,7,9,17H,4,6,8H2,1-3H3. The number of rotatable bonds is 7. The van der Waals surface area contributed by atoms with E-state index in [1.165, 1.54) is 0 Å². The zero-order chi connectivity index (χ0) is 14.5. The first-order chi connectivity index (χ1) is 9.65. The molecule has 2 aromatic rings. The summed E-state index contributed by atoms with van der Waals surface area (Å²) >= 11 is 3.25. The molecule has 0 saturated heterocycles. The van der Waals surface area contributed by atoms with Crippen LogP contribution in [0.3, 0.4) is 0 Å². The van der Waals surface area contributed by atoms with Crippen molar-refractivity contribution in [3.8, 4) is 0 Å². The topological polar surface area (TPSA) is 60.2 Å². The van der Waals surface area contributed by atoms with Crippen molar-refractivity contribution in [3.05, 3.63) is 28.0 Å². The quantitative estimate of drug-likeness (QED) is 0.797. The van der Waals surface area contributed by atoms with E-state index >= 15 is 0 Å². The minimum Gasteiger partial charge on any atom is -0.390 e. The number of imidazole rings is 1. The van der Waals surface area contributed by atoms with E-state index in [0.29, 0.717) is 6.61 Å². The van der Waals surface area contributed by atoms with Crippen molar-refractivity contribution in [2.24, 2.45) is 7.05 Å². The van der Waals surface area contributed by atoms with Crippen LogP contribution in [0, 0.1) is 0 Å². The van der Waals surface area contributed by atoms with Crippen LogP contribution in [0.15, 0.2) is 16.7 Å². The second-order valence-corrected chi connectivity index (χ2v) is 6.14. The summed E-state index contributed by atoms with van der Waals surface area (Å²) in [5, 5.41) is 13.1. The third-order valence-corrected chi connectivity index (χ3v) is 5.02. The summed E-state index contributed by atoms with van der Waals surface area (Å²) in [5.74, 6) is 0.769. The summed E-state index contributed by atoms with van der Waals surface area (Å²) in [6.07, 6.45) is 1.75. The molecule has 0 aliphatic carbocycles. The lowest BCUT2D eigenvalue weighted by molar-refractivity contribution is 0.0761. The number of aliphatic hydroxyl groups is 1. The van der Waals surface area contributed by atoms with E-state index in [0.717, 1.165) is 27.3 Å². The van der Waals surface area contributed by atoms with E-state index in [4.69, 9.17) is 9.84 Å². The maximum atomic E-state index is 9.14. The molecule has 20 heavy (non-hydrogen) atoms. The monoisotopic (exact) mass is 313 g/mol. The molecule has 0 bridgehead atoms. The Morgan fingerprint density at radius 3 is 3.00 bits per heavy atom. The van der Waals surface area contributed by atoms with Gasteiger partial charge in [-0.3, -0.25) is 0 Å². The van der Waals surface area contributed by atoms with Gasteiger partial charge in [0.25, 0.3) is 0 Å². The molecular formula is C13H19N3O2S2. The molecule has 0 aliphatic heterocycles. The van der Waals surface area contributed by atoms with Crippen LogP contribution >= 0.6 is 23.1 Å². The third-order valence-electron chi connectivity index (χ3n) is 2.89. The first-order valence-electron chi connectivity index (χ1n) is 6.45. The average Bonchev–Trinajstić information content (AvgIpc) is 3.04. The minimum atomic E-state index is 0.0107. The van der Waals surface area contributed by atoms with Crippen LogP contribution in [-0.4, -0.2) is 26.2 Å². The van der Waals surface area contributed by atoms with Crippen molar-refractivity contribution in [2.75, 3.05) is 6.61 Å². The Bertz CT molecular complexity index is 554. The van der Waals surface area contributed by atoms with Crippen LogP contribution in [-0.2, 0) is 24.1 Å². The highest BCUT2D eigenvalue weighted by molar-refractivity contribution is 7.98. The van der Waals surface area contributed by atoms with Gasteiger partial charge < -0.3 is 14.4 Å². The molecule has 2 rings (SSSR count). The largest absolute Gasteiger partial charge is 0.390 e. The van der Waals surface area contributed by atoms with Gasteiger partial charge in [-0.25, -0.2) is 9.97 Å². The lowest BCUT2D eigenvalue weighted by atomic mass is 10.4. The van der Waals surface area contributed by atoms with Gasteiger partial charge in [-0.05, 0) is 13.8 Å². The molecule has 0 amide bonds. The van der Waals surface area contributed by atoms with Gasteiger partial charge in [0.15, 0.2) is 5.16 Å².